The molecule has 0 aromatic heterocycles. The molecule has 1 aromatic rings. The Kier molecular flexibility index (Phi) is 3.32. The van der Waals surface area contributed by atoms with Crippen LogP contribution < -0.4 is 10.6 Å². The maximum absolute atomic E-state index is 13.1. The van der Waals surface area contributed by atoms with Gasteiger partial charge in [0.1, 0.15) is 0 Å². The summed E-state index contributed by atoms with van der Waals surface area (Å²) in [4.78, 5) is 15.4. The molecule has 25 heavy (non-hydrogen) atoms. The van der Waals surface area contributed by atoms with Crippen LogP contribution >= 0.6 is 0 Å². The van der Waals surface area contributed by atoms with E-state index in [0.717, 1.165) is 25.1 Å². The summed E-state index contributed by atoms with van der Waals surface area (Å²) in [5.74, 6) is 0.264. The highest BCUT2D eigenvalue weighted by Gasteiger charge is 2.47. The van der Waals surface area contributed by atoms with Crippen molar-refractivity contribution in [2.45, 2.75) is 64.8 Å². The summed E-state index contributed by atoms with van der Waals surface area (Å²) in [6.07, 6.45) is 3.42. The lowest BCUT2D eigenvalue weighted by molar-refractivity contribution is -0.127. The van der Waals surface area contributed by atoms with Crippen molar-refractivity contribution < 1.29 is 4.79 Å². The van der Waals surface area contributed by atoms with E-state index >= 15 is 0 Å². The van der Waals surface area contributed by atoms with E-state index in [4.69, 9.17) is 0 Å². The van der Waals surface area contributed by atoms with E-state index in [0.29, 0.717) is 0 Å². The summed E-state index contributed by atoms with van der Waals surface area (Å²) in [5.41, 5.74) is 8.12. The molecule has 2 N–H and O–H groups in total. The van der Waals surface area contributed by atoms with Crippen molar-refractivity contribution in [2.24, 2.45) is 0 Å². The molecule has 0 amide bonds. The second kappa shape index (κ2) is 5.03. The number of carbonyl (C=O) groups is 1. The number of hydrogen-bond acceptors (Lipinski definition) is 4. The first-order valence-corrected chi connectivity index (χ1v) is 9.33. The van der Waals surface area contributed by atoms with E-state index in [1.807, 2.05) is 13.8 Å². The summed E-state index contributed by atoms with van der Waals surface area (Å²) < 4.78 is 0. The number of benzene rings is 1. The number of rotatable bonds is 1. The van der Waals surface area contributed by atoms with Crippen molar-refractivity contribution in [3.8, 4) is 0 Å². The molecule has 2 heterocycles. The molecule has 4 nitrogen and oxygen atoms in total. The first-order valence-electron chi connectivity index (χ1n) is 9.33. The Labute approximate surface area is 150 Å². The summed E-state index contributed by atoms with van der Waals surface area (Å²) in [6.45, 7) is 11.2. The third kappa shape index (κ3) is 2.16. The molecule has 0 saturated carbocycles. The first kappa shape index (κ1) is 16.5. The number of nitrogens with one attached hydrogen (secondary N) is 2. The predicted octanol–water partition coefficient (Wildman–Crippen LogP) is 3.41. The molecule has 4 heteroatoms. The fourth-order valence-electron chi connectivity index (χ4n) is 5.00. The van der Waals surface area contributed by atoms with Crippen molar-refractivity contribution in [2.75, 3.05) is 19.0 Å². The predicted molar refractivity (Wildman–Crippen MR) is 103 cm³/mol. The van der Waals surface area contributed by atoms with Crippen LogP contribution in [-0.4, -0.2) is 29.9 Å². The van der Waals surface area contributed by atoms with Gasteiger partial charge >= 0.3 is 0 Å². The van der Waals surface area contributed by atoms with Gasteiger partial charge in [0.25, 0.3) is 0 Å². The third-order valence-corrected chi connectivity index (χ3v) is 6.22. The van der Waals surface area contributed by atoms with Crippen molar-refractivity contribution in [3.05, 3.63) is 34.0 Å². The van der Waals surface area contributed by atoms with Crippen molar-refractivity contribution in [1.29, 1.82) is 0 Å². The van der Waals surface area contributed by atoms with Crippen LogP contribution in [0.15, 0.2) is 11.8 Å². The molecule has 3 aliphatic rings. The number of carbonyl (C=O) groups excluding carboxylic acids is 1. The van der Waals surface area contributed by atoms with Crippen LogP contribution in [0.5, 0.6) is 0 Å². The van der Waals surface area contributed by atoms with Crippen molar-refractivity contribution in [1.82, 2.24) is 10.2 Å². The van der Waals surface area contributed by atoms with Gasteiger partial charge in [0, 0.05) is 24.0 Å². The van der Waals surface area contributed by atoms with Crippen LogP contribution in [0.25, 0.3) is 5.70 Å². The van der Waals surface area contributed by atoms with Crippen LogP contribution in [0.3, 0.4) is 0 Å². The highest BCUT2D eigenvalue weighted by atomic mass is 16.1. The van der Waals surface area contributed by atoms with E-state index in [1.54, 1.807) is 0 Å². The van der Waals surface area contributed by atoms with Gasteiger partial charge in [-0.05, 0) is 76.6 Å². The average molecular weight is 339 g/mol. The molecule has 0 fully saturated rings. The summed E-state index contributed by atoms with van der Waals surface area (Å²) in [7, 11) is 2.14. The van der Waals surface area contributed by atoms with E-state index in [-0.39, 0.29) is 5.78 Å². The number of ketones is 1. The molecule has 0 bridgehead atoms. The molecule has 134 valence electrons. The highest BCUT2D eigenvalue weighted by Crippen LogP contribution is 2.48. The fraction of sp³-hybridized carbons (Fsp3) is 0.571. The quantitative estimate of drug-likeness (QED) is 0.823. The van der Waals surface area contributed by atoms with Gasteiger partial charge in [0.15, 0.2) is 5.78 Å². The zero-order chi connectivity index (χ0) is 18.1. The Hall–Kier alpha value is -1.97. The minimum Gasteiger partial charge on any atom is -0.373 e. The van der Waals surface area contributed by atoms with Crippen LogP contribution in [0.2, 0.25) is 0 Å². The number of anilines is 1. The van der Waals surface area contributed by atoms with Crippen molar-refractivity contribution >= 4 is 17.2 Å². The first-order chi connectivity index (χ1) is 11.6. The maximum Gasteiger partial charge on any atom is 0.167 e. The van der Waals surface area contributed by atoms with E-state index < -0.39 is 11.0 Å². The highest BCUT2D eigenvalue weighted by molar-refractivity contribution is 6.03. The largest absolute Gasteiger partial charge is 0.373 e. The number of hydrogen-bond donors (Lipinski definition) is 2. The Morgan fingerprint density at radius 1 is 1.12 bits per heavy atom. The molecule has 0 radical (unpaired) electrons. The van der Waals surface area contributed by atoms with E-state index in [1.165, 1.54) is 40.2 Å². The molecule has 0 atom stereocenters. The number of fused-ring (bicyclic) bond motifs is 3. The second-order valence-electron chi connectivity index (χ2n) is 8.87. The molecule has 0 spiro atoms. The Balaban J connectivity index is 2.01. The van der Waals surface area contributed by atoms with Crippen LogP contribution in [-0.2, 0) is 23.1 Å². The van der Waals surface area contributed by atoms with Crippen LogP contribution in [0.1, 0.15) is 63.3 Å². The fourth-order valence-corrected chi connectivity index (χ4v) is 5.00. The normalized spacial score (nSPS) is 23.3. The molecule has 1 aliphatic carbocycles. The molecular formula is C21H29N3O. The molecule has 4 rings (SSSR count). The van der Waals surface area contributed by atoms with Gasteiger partial charge in [0.05, 0.1) is 23.3 Å². The van der Waals surface area contributed by atoms with Gasteiger partial charge in [-0.2, -0.15) is 0 Å². The Bertz CT molecular complexity index is 817. The summed E-state index contributed by atoms with van der Waals surface area (Å²) in [5, 5.41) is 7.04. The molecule has 0 unspecified atom stereocenters. The standard InChI is InChI=1S/C21H29N3O/c1-12-18(24(6)11-22-12)15-10-16-17(14-9-7-8-13(14)15)23-21(4,5)19(25)20(16,2)3/h10,22-23H,7-9,11H2,1-6H3. The molecular weight excluding hydrogens is 310 g/mol. The van der Waals surface area contributed by atoms with Gasteiger partial charge in [-0.25, -0.2) is 0 Å². The topological polar surface area (TPSA) is 44.4 Å². The van der Waals surface area contributed by atoms with Gasteiger partial charge in [-0.3, -0.25) is 4.79 Å². The van der Waals surface area contributed by atoms with Gasteiger partial charge in [-0.1, -0.05) is 0 Å². The number of Topliss-reactive ketones (excluding diaryl/α,β-unsaturated/α-hetero) is 1. The summed E-state index contributed by atoms with van der Waals surface area (Å²) in [6, 6.07) is 2.29. The average Bonchev–Trinajstić information content (AvgIpc) is 3.13. The zero-order valence-corrected chi connectivity index (χ0v) is 16.3. The monoisotopic (exact) mass is 339 g/mol. The molecule has 1 aromatic carbocycles. The smallest absolute Gasteiger partial charge is 0.167 e. The maximum atomic E-state index is 13.1. The lowest BCUT2D eigenvalue weighted by atomic mass is 9.68. The summed E-state index contributed by atoms with van der Waals surface area (Å²) >= 11 is 0. The van der Waals surface area contributed by atoms with Crippen LogP contribution in [0, 0.1) is 0 Å². The lowest BCUT2D eigenvalue weighted by Gasteiger charge is -2.43. The second-order valence-corrected chi connectivity index (χ2v) is 8.87. The Morgan fingerprint density at radius 2 is 1.80 bits per heavy atom. The SMILES string of the molecule is CC1=C(c2cc3c(c4c2CCC4)NC(C)(C)C(=O)C3(C)C)N(C)CN1. The van der Waals surface area contributed by atoms with E-state index in [2.05, 4.69) is 49.4 Å². The Morgan fingerprint density at radius 3 is 2.44 bits per heavy atom. The van der Waals surface area contributed by atoms with Gasteiger partial charge in [0.2, 0.25) is 0 Å². The van der Waals surface area contributed by atoms with E-state index in [9.17, 15) is 4.79 Å². The third-order valence-electron chi connectivity index (χ3n) is 6.22. The molecule has 0 saturated heterocycles. The lowest BCUT2D eigenvalue weighted by Crippen LogP contribution is -2.53. The number of nitrogens with zero attached hydrogens (tertiary/aromatic N) is 1. The van der Waals surface area contributed by atoms with Gasteiger partial charge in [-0.15, -0.1) is 0 Å². The van der Waals surface area contributed by atoms with Crippen LogP contribution in [0.4, 0.5) is 5.69 Å². The zero-order valence-electron chi connectivity index (χ0n) is 16.3. The number of allylic oxidation sites excluding steroid dienone is 1. The van der Waals surface area contributed by atoms with Gasteiger partial charge < -0.3 is 15.5 Å². The molecule has 2 aliphatic heterocycles. The minimum absolute atomic E-state index is 0.264. The van der Waals surface area contributed by atoms with Crippen molar-refractivity contribution in [3.63, 3.8) is 0 Å². The minimum atomic E-state index is -0.519.